The normalized spacial score (nSPS) is 11.5. The molecule has 0 amide bonds. The van der Waals surface area contributed by atoms with Crippen LogP contribution in [0.5, 0.6) is 0 Å². The largest absolute Gasteiger partial charge is 0.329 e. The van der Waals surface area contributed by atoms with Gasteiger partial charge in [0, 0.05) is 24.5 Å². The summed E-state index contributed by atoms with van der Waals surface area (Å²) in [4.78, 5) is 31.3. The summed E-state index contributed by atoms with van der Waals surface area (Å²) in [6.07, 6.45) is 1.77. The first-order chi connectivity index (χ1) is 13.5. The molecule has 0 bridgehead atoms. The molecule has 3 heterocycles. The van der Waals surface area contributed by atoms with Crippen LogP contribution in [0.3, 0.4) is 0 Å². The Morgan fingerprint density at radius 1 is 1.00 bits per heavy atom. The van der Waals surface area contributed by atoms with Crippen molar-refractivity contribution in [3.63, 3.8) is 0 Å². The number of aromatic nitrogens is 5. The highest BCUT2D eigenvalue weighted by Crippen LogP contribution is 2.28. The predicted octanol–water partition coefficient (Wildman–Crippen LogP) is 2.47. The van der Waals surface area contributed by atoms with E-state index in [1.807, 2.05) is 34.9 Å². The molecule has 138 valence electrons. The van der Waals surface area contributed by atoms with Gasteiger partial charge in [-0.3, -0.25) is 23.3 Å². The predicted molar refractivity (Wildman–Crippen MR) is 103 cm³/mol. The Morgan fingerprint density at radius 3 is 2.43 bits per heavy atom. The molecule has 1 N–H and O–H groups in total. The Bertz CT molecular complexity index is 1460. The minimum Gasteiger partial charge on any atom is -0.279 e. The molecular weight excluding hydrogens is 361 g/mol. The van der Waals surface area contributed by atoms with Gasteiger partial charge in [0.15, 0.2) is 11.2 Å². The average Bonchev–Trinajstić information content (AvgIpc) is 3.24. The van der Waals surface area contributed by atoms with E-state index in [0.29, 0.717) is 11.4 Å². The molecule has 0 unspecified atom stereocenters. The molecule has 28 heavy (non-hydrogen) atoms. The maximum atomic E-state index is 13.4. The van der Waals surface area contributed by atoms with Crippen LogP contribution in [0, 0.1) is 5.82 Å². The molecule has 0 radical (unpaired) electrons. The van der Waals surface area contributed by atoms with Crippen LogP contribution >= 0.6 is 0 Å². The summed E-state index contributed by atoms with van der Waals surface area (Å²) >= 11 is 0. The maximum absolute atomic E-state index is 13.4. The number of imidazole rings is 2. The van der Waals surface area contributed by atoms with Crippen molar-refractivity contribution < 1.29 is 4.39 Å². The van der Waals surface area contributed by atoms with Crippen LogP contribution in [0.2, 0.25) is 0 Å². The number of aryl methyl sites for hydroxylation is 1. The SMILES string of the molecule is Cn1c(=O)[nH]c(=O)c2c1nc1n(-c3ccccc3)c(-c3ccc(F)cc3)cn21. The Morgan fingerprint density at radius 2 is 1.71 bits per heavy atom. The Hall–Kier alpha value is -3.94. The fourth-order valence-corrected chi connectivity index (χ4v) is 3.41. The van der Waals surface area contributed by atoms with E-state index in [4.69, 9.17) is 0 Å². The highest BCUT2D eigenvalue weighted by atomic mass is 19.1. The van der Waals surface area contributed by atoms with Crippen molar-refractivity contribution in [2.75, 3.05) is 0 Å². The van der Waals surface area contributed by atoms with Gasteiger partial charge in [-0.05, 0) is 36.4 Å². The highest BCUT2D eigenvalue weighted by molar-refractivity contribution is 5.79. The number of benzene rings is 2. The second-order valence-corrected chi connectivity index (χ2v) is 6.46. The Labute approximate surface area is 156 Å². The molecule has 0 aliphatic rings. The Kier molecular flexibility index (Phi) is 3.35. The molecule has 0 aliphatic heterocycles. The van der Waals surface area contributed by atoms with Gasteiger partial charge in [-0.15, -0.1) is 0 Å². The smallest absolute Gasteiger partial charge is 0.279 e. The van der Waals surface area contributed by atoms with Crippen molar-refractivity contribution in [3.8, 4) is 16.9 Å². The molecule has 0 spiro atoms. The number of hydrogen-bond acceptors (Lipinski definition) is 3. The summed E-state index contributed by atoms with van der Waals surface area (Å²) in [5, 5.41) is 0. The van der Waals surface area contributed by atoms with Gasteiger partial charge in [0.2, 0.25) is 5.78 Å². The van der Waals surface area contributed by atoms with Gasteiger partial charge < -0.3 is 0 Å². The third-order valence-corrected chi connectivity index (χ3v) is 4.78. The van der Waals surface area contributed by atoms with Crippen LogP contribution in [-0.4, -0.2) is 23.5 Å². The lowest BCUT2D eigenvalue weighted by atomic mass is 10.1. The van der Waals surface area contributed by atoms with Crippen LogP contribution in [0.15, 0.2) is 70.4 Å². The van der Waals surface area contributed by atoms with Crippen LogP contribution in [0.4, 0.5) is 4.39 Å². The lowest BCUT2D eigenvalue weighted by Gasteiger charge is -2.09. The average molecular weight is 375 g/mol. The first-order valence-electron chi connectivity index (χ1n) is 8.59. The first kappa shape index (κ1) is 16.2. The fraction of sp³-hybridized carbons (Fsp3) is 0.0500. The number of para-hydroxylation sites is 1. The second kappa shape index (κ2) is 5.78. The number of halogens is 1. The fourth-order valence-electron chi connectivity index (χ4n) is 3.41. The summed E-state index contributed by atoms with van der Waals surface area (Å²) in [7, 11) is 1.56. The van der Waals surface area contributed by atoms with Crippen molar-refractivity contribution in [1.29, 1.82) is 0 Å². The Balaban J connectivity index is 1.95. The number of nitrogens with zero attached hydrogens (tertiary/aromatic N) is 4. The molecule has 7 nitrogen and oxygen atoms in total. The lowest BCUT2D eigenvalue weighted by Crippen LogP contribution is -2.28. The number of hydrogen-bond donors (Lipinski definition) is 1. The zero-order valence-electron chi connectivity index (χ0n) is 14.8. The number of aromatic amines is 1. The highest BCUT2D eigenvalue weighted by Gasteiger charge is 2.20. The third-order valence-electron chi connectivity index (χ3n) is 4.78. The molecule has 5 aromatic rings. The van der Waals surface area contributed by atoms with E-state index in [1.165, 1.54) is 16.7 Å². The monoisotopic (exact) mass is 375 g/mol. The van der Waals surface area contributed by atoms with Gasteiger partial charge in [-0.1, -0.05) is 18.2 Å². The number of nitrogens with one attached hydrogen (secondary N) is 1. The molecule has 0 saturated carbocycles. The summed E-state index contributed by atoms with van der Waals surface area (Å²) in [6.45, 7) is 0. The molecule has 0 fully saturated rings. The minimum atomic E-state index is -0.525. The van der Waals surface area contributed by atoms with E-state index in [9.17, 15) is 14.0 Å². The van der Waals surface area contributed by atoms with E-state index in [1.54, 1.807) is 29.8 Å². The zero-order chi connectivity index (χ0) is 19.4. The molecule has 0 saturated heterocycles. The molecule has 3 aromatic heterocycles. The second-order valence-electron chi connectivity index (χ2n) is 6.46. The van der Waals surface area contributed by atoms with Gasteiger partial charge >= 0.3 is 5.69 Å². The van der Waals surface area contributed by atoms with Gasteiger partial charge in [-0.2, -0.15) is 4.98 Å². The van der Waals surface area contributed by atoms with Crippen molar-refractivity contribution in [1.82, 2.24) is 23.5 Å². The van der Waals surface area contributed by atoms with E-state index >= 15 is 0 Å². The van der Waals surface area contributed by atoms with Crippen LogP contribution in [-0.2, 0) is 7.05 Å². The minimum absolute atomic E-state index is 0.273. The van der Waals surface area contributed by atoms with Crippen molar-refractivity contribution in [2.45, 2.75) is 0 Å². The van der Waals surface area contributed by atoms with E-state index in [2.05, 4.69) is 9.97 Å². The first-order valence-corrected chi connectivity index (χ1v) is 8.59. The lowest BCUT2D eigenvalue weighted by molar-refractivity contribution is 0.628. The van der Waals surface area contributed by atoms with Crippen LogP contribution < -0.4 is 11.2 Å². The molecule has 8 heteroatoms. The summed E-state index contributed by atoms with van der Waals surface area (Å²) in [5.74, 6) is 0.149. The van der Waals surface area contributed by atoms with Crippen molar-refractivity contribution >= 4 is 16.9 Å². The van der Waals surface area contributed by atoms with Gasteiger partial charge in [-0.25, -0.2) is 9.18 Å². The van der Waals surface area contributed by atoms with Gasteiger partial charge in [0.05, 0.1) is 5.69 Å². The maximum Gasteiger partial charge on any atom is 0.329 e. The summed E-state index contributed by atoms with van der Waals surface area (Å²) in [5.41, 5.74) is 1.86. The van der Waals surface area contributed by atoms with E-state index in [0.717, 1.165) is 16.9 Å². The van der Waals surface area contributed by atoms with Gasteiger partial charge in [0.25, 0.3) is 5.56 Å². The molecule has 0 aliphatic carbocycles. The number of H-pyrrole nitrogens is 1. The zero-order valence-corrected chi connectivity index (χ0v) is 14.8. The van der Waals surface area contributed by atoms with E-state index in [-0.39, 0.29) is 11.3 Å². The van der Waals surface area contributed by atoms with Crippen LogP contribution in [0.25, 0.3) is 33.9 Å². The number of rotatable bonds is 2. The van der Waals surface area contributed by atoms with E-state index < -0.39 is 11.2 Å². The quantitative estimate of drug-likeness (QED) is 0.515. The number of fused-ring (bicyclic) bond motifs is 3. The topological polar surface area (TPSA) is 77.1 Å². The molecular formula is C20H14FN5O2. The molecule has 5 rings (SSSR count). The van der Waals surface area contributed by atoms with Gasteiger partial charge in [0.1, 0.15) is 5.82 Å². The summed E-state index contributed by atoms with van der Waals surface area (Å²) in [6, 6.07) is 15.6. The third kappa shape index (κ3) is 2.24. The van der Waals surface area contributed by atoms with Crippen molar-refractivity contribution in [3.05, 3.63) is 87.4 Å². The standard InChI is InChI=1S/C20H14FN5O2/c1-24-17-16(18(27)23-20(24)28)25-11-15(12-7-9-13(21)10-8-12)26(19(25)22-17)14-5-3-2-4-6-14/h2-11H,1H3,(H,23,27,28). The molecule has 2 aromatic carbocycles. The summed E-state index contributed by atoms with van der Waals surface area (Å²) < 4.78 is 18.2. The van der Waals surface area contributed by atoms with Crippen LogP contribution in [0.1, 0.15) is 0 Å². The molecule has 0 atom stereocenters. The van der Waals surface area contributed by atoms with Crippen molar-refractivity contribution in [2.24, 2.45) is 7.05 Å².